The number of piperidine rings is 1. The van der Waals surface area contributed by atoms with Crippen molar-refractivity contribution in [2.24, 2.45) is 0 Å². The number of nitrogens with zero attached hydrogens (tertiary/aromatic N) is 1. The van der Waals surface area contributed by atoms with Crippen molar-refractivity contribution >= 4 is 69.4 Å². The van der Waals surface area contributed by atoms with Crippen LogP contribution in [0, 0.1) is 0 Å². The molecule has 1 atom stereocenters. The second-order valence-electron chi connectivity index (χ2n) is 6.99. The van der Waals surface area contributed by atoms with E-state index in [1.807, 2.05) is 12.1 Å². The van der Waals surface area contributed by atoms with Crippen LogP contribution >= 0.6 is 47.0 Å². The molecule has 1 fully saturated rings. The van der Waals surface area contributed by atoms with Gasteiger partial charge in [0.15, 0.2) is 11.2 Å². The zero-order valence-electron chi connectivity index (χ0n) is 16.4. The topological polar surface area (TPSA) is 53.6 Å². The van der Waals surface area contributed by atoms with E-state index in [1.165, 1.54) is 19.3 Å². The number of benzene rings is 2. The summed E-state index contributed by atoms with van der Waals surface area (Å²) in [5.74, 6) is -0.0442. The molecule has 3 rings (SSSR count). The van der Waals surface area contributed by atoms with E-state index in [9.17, 15) is 4.79 Å². The lowest BCUT2D eigenvalue weighted by Crippen LogP contribution is -2.42. The molecule has 1 unspecified atom stereocenters. The van der Waals surface area contributed by atoms with Gasteiger partial charge in [-0.25, -0.2) is 0 Å². The number of amides is 1. The van der Waals surface area contributed by atoms with E-state index in [0.717, 1.165) is 18.8 Å². The van der Waals surface area contributed by atoms with E-state index in [1.54, 1.807) is 31.2 Å². The number of carbonyl (C=O) groups excluding carboxylic acids is 1. The van der Waals surface area contributed by atoms with Crippen LogP contribution in [-0.2, 0) is 4.79 Å². The molecular weight excluding hydrogens is 465 g/mol. The SMILES string of the molecule is CC(Oc1ccc(Cl)cc1Cl)C(=O)NC(=S)Nc1ccc(N2CCCCC2)c(Cl)c1. The number of ether oxygens (including phenoxy) is 1. The number of halogens is 3. The zero-order valence-corrected chi connectivity index (χ0v) is 19.5. The summed E-state index contributed by atoms with van der Waals surface area (Å²) >= 11 is 23.7. The fraction of sp³-hybridized carbons (Fsp3) is 0.333. The van der Waals surface area contributed by atoms with Gasteiger partial charge >= 0.3 is 0 Å². The van der Waals surface area contributed by atoms with E-state index < -0.39 is 12.0 Å². The average Bonchev–Trinajstić information content (AvgIpc) is 2.70. The van der Waals surface area contributed by atoms with Crippen molar-refractivity contribution < 1.29 is 9.53 Å². The van der Waals surface area contributed by atoms with Crippen LogP contribution in [-0.4, -0.2) is 30.2 Å². The van der Waals surface area contributed by atoms with Crippen LogP contribution in [0.3, 0.4) is 0 Å². The minimum absolute atomic E-state index is 0.152. The van der Waals surface area contributed by atoms with Crippen LogP contribution < -0.4 is 20.3 Å². The highest BCUT2D eigenvalue weighted by Gasteiger charge is 2.18. The van der Waals surface area contributed by atoms with Crippen molar-refractivity contribution in [1.82, 2.24) is 5.32 Å². The minimum Gasteiger partial charge on any atom is -0.479 e. The van der Waals surface area contributed by atoms with Crippen molar-refractivity contribution in [3.05, 3.63) is 51.5 Å². The highest BCUT2D eigenvalue weighted by molar-refractivity contribution is 7.80. The van der Waals surface area contributed by atoms with Crippen LogP contribution in [0.25, 0.3) is 0 Å². The molecule has 1 amide bonds. The van der Waals surface area contributed by atoms with Gasteiger partial charge in [-0.1, -0.05) is 34.8 Å². The first kappa shape index (κ1) is 22.9. The maximum absolute atomic E-state index is 12.4. The van der Waals surface area contributed by atoms with Gasteiger partial charge in [-0.2, -0.15) is 0 Å². The van der Waals surface area contributed by atoms with Gasteiger partial charge in [0, 0.05) is 23.8 Å². The Morgan fingerprint density at radius 3 is 2.47 bits per heavy atom. The lowest BCUT2D eigenvalue weighted by molar-refractivity contribution is -0.125. The molecule has 5 nitrogen and oxygen atoms in total. The molecule has 2 aromatic rings. The Kier molecular flexibility index (Phi) is 8.06. The molecule has 0 radical (unpaired) electrons. The van der Waals surface area contributed by atoms with E-state index in [2.05, 4.69) is 15.5 Å². The van der Waals surface area contributed by atoms with E-state index in [0.29, 0.717) is 26.5 Å². The van der Waals surface area contributed by atoms with Crippen molar-refractivity contribution in [2.45, 2.75) is 32.3 Å². The number of rotatable bonds is 5. The predicted molar refractivity (Wildman–Crippen MR) is 128 cm³/mol. The van der Waals surface area contributed by atoms with Gasteiger partial charge in [-0.05, 0) is 74.8 Å². The van der Waals surface area contributed by atoms with Crippen molar-refractivity contribution in [2.75, 3.05) is 23.3 Å². The molecule has 30 heavy (non-hydrogen) atoms. The quantitative estimate of drug-likeness (QED) is 0.514. The number of carbonyl (C=O) groups is 1. The molecule has 0 aromatic heterocycles. The molecule has 0 aliphatic carbocycles. The predicted octanol–water partition coefficient (Wildman–Crippen LogP) is 5.92. The molecule has 160 valence electrons. The summed E-state index contributed by atoms with van der Waals surface area (Å²) in [4.78, 5) is 14.7. The Bertz CT molecular complexity index is 936. The third-order valence-electron chi connectivity index (χ3n) is 4.71. The lowest BCUT2D eigenvalue weighted by Gasteiger charge is -2.29. The van der Waals surface area contributed by atoms with Crippen LogP contribution in [0.15, 0.2) is 36.4 Å². The first-order valence-corrected chi connectivity index (χ1v) is 11.2. The molecule has 2 aromatic carbocycles. The Balaban J connectivity index is 1.55. The van der Waals surface area contributed by atoms with Crippen molar-refractivity contribution in [1.29, 1.82) is 0 Å². The Labute approximate surface area is 196 Å². The second kappa shape index (κ2) is 10.5. The third kappa shape index (κ3) is 6.14. The number of thiocarbonyl (C=S) groups is 1. The number of hydrogen-bond acceptors (Lipinski definition) is 4. The first-order chi connectivity index (χ1) is 14.3. The summed E-state index contributed by atoms with van der Waals surface area (Å²) in [5.41, 5.74) is 1.71. The highest BCUT2D eigenvalue weighted by atomic mass is 35.5. The van der Waals surface area contributed by atoms with Crippen molar-refractivity contribution in [3.63, 3.8) is 0 Å². The van der Waals surface area contributed by atoms with Gasteiger partial charge in [0.25, 0.3) is 5.91 Å². The van der Waals surface area contributed by atoms with Crippen LogP contribution in [0.1, 0.15) is 26.2 Å². The Morgan fingerprint density at radius 2 is 1.80 bits per heavy atom. The summed E-state index contributed by atoms with van der Waals surface area (Å²) in [6, 6.07) is 10.5. The lowest BCUT2D eigenvalue weighted by atomic mass is 10.1. The Morgan fingerprint density at radius 1 is 1.07 bits per heavy atom. The molecular formula is C21H22Cl3N3O2S. The van der Waals surface area contributed by atoms with E-state index in [4.69, 9.17) is 51.8 Å². The van der Waals surface area contributed by atoms with Gasteiger partial charge in [-0.15, -0.1) is 0 Å². The molecule has 9 heteroatoms. The molecule has 1 aliphatic rings. The van der Waals surface area contributed by atoms with Crippen LogP contribution in [0.4, 0.5) is 11.4 Å². The standard InChI is InChI=1S/C21H22Cl3N3O2S/c1-13(29-19-8-5-14(22)11-17(19)24)20(28)26-21(30)25-15-6-7-18(16(23)12-15)27-9-3-2-4-10-27/h5-8,11-13H,2-4,9-10H2,1H3,(H2,25,26,28,30). The largest absolute Gasteiger partial charge is 0.479 e. The van der Waals surface area contributed by atoms with Gasteiger partial charge in [0.05, 0.1) is 15.7 Å². The molecule has 1 heterocycles. The zero-order chi connectivity index (χ0) is 21.7. The van der Waals surface area contributed by atoms with Gasteiger partial charge in [-0.3, -0.25) is 10.1 Å². The minimum atomic E-state index is -0.812. The fourth-order valence-corrected chi connectivity index (χ4v) is 4.14. The summed E-state index contributed by atoms with van der Waals surface area (Å²) in [5, 5.41) is 7.20. The third-order valence-corrected chi connectivity index (χ3v) is 5.74. The first-order valence-electron chi connectivity index (χ1n) is 9.61. The smallest absolute Gasteiger partial charge is 0.266 e. The molecule has 2 N–H and O–H groups in total. The summed E-state index contributed by atoms with van der Waals surface area (Å²) in [7, 11) is 0. The molecule has 0 bridgehead atoms. The fourth-order valence-electron chi connectivity index (χ4n) is 3.17. The van der Waals surface area contributed by atoms with Gasteiger partial charge in [0.2, 0.25) is 0 Å². The normalized spacial score (nSPS) is 14.7. The number of hydrogen-bond donors (Lipinski definition) is 2. The monoisotopic (exact) mass is 485 g/mol. The second-order valence-corrected chi connectivity index (χ2v) is 8.65. The maximum atomic E-state index is 12.4. The van der Waals surface area contributed by atoms with Crippen LogP contribution in [0.2, 0.25) is 15.1 Å². The maximum Gasteiger partial charge on any atom is 0.266 e. The van der Waals surface area contributed by atoms with E-state index in [-0.39, 0.29) is 5.11 Å². The highest BCUT2D eigenvalue weighted by Crippen LogP contribution is 2.31. The van der Waals surface area contributed by atoms with Gasteiger partial charge < -0.3 is 15.0 Å². The summed E-state index contributed by atoms with van der Waals surface area (Å²) < 4.78 is 5.60. The van der Waals surface area contributed by atoms with Crippen molar-refractivity contribution in [3.8, 4) is 5.75 Å². The Hall–Kier alpha value is -1.73. The summed E-state index contributed by atoms with van der Waals surface area (Å²) in [6.45, 7) is 3.63. The van der Waals surface area contributed by atoms with E-state index >= 15 is 0 Å². The van der Waals surface area contributed by atoms with Gasteiger partial charge in [0.1, 0.15) is 5.75 Å². The molecule has 1 aliphatic heterocycles. The molecule has 0 spiro atoms. The number of nitrogens with one attached hydrogen (secondary N) is 2. The summed E-state index contributed by atoms with van der Waals surface area (Å²) in [6.07, 6.45) is 2.80. The molecule has 0 saturated carbocycles. The molecule has 1 saturated heterocycles. The average molecular weight is 487 g/mol. The number of anilines is 2. The van der Waals surface area contributed by atoms with Crippen LogP contribution in [0.5, 0.6) is 5.75 Å².